The number of thiazole rings is 1. The average Bonchev–Trinajstić information content (AvgIpc) is 2.91. The molecule has 3 rings (SSSR count). The summed E-state index contributed by atoms with van der Waals surface area (Å²) in [6.45, 7) is 3.57. The van der Waals surface area contributed by atoms with E-state index < -0.39 is 0 Å². The highest BCUT2D eigenvalue weighted by Gasteiger charge is 2.31. The van der Waals surface area contributed by atoms with Gasteiger partial charge in [0.05, 0.1) is 11.8 Å². The van der Waals surface area contributed by atoms with Gasteiger partial charge in [-0.05, 0) is 45.5 Å². The van der Waals surface area contributed by atoms with Crippen LogP contribution in [0.5, 0.6) is 5.75 Å². The smallest absolute Gasteiger partial charge is 0.231 e. The van der Waals surface area contributed by atoms with Crippen molar-refractivity contribution >= 4 is 45.0 Å². The van der Waals surface area contributed by atoms with Crippen LogP contribution in [0, 0.1) is 12.8 Å². The highest BCUT2D eigenvalue weighted by molar-refractivity contribution is 7.22. The minimum atomic E-state index is 0. The molecule has 0 atom stereocenters. The van der Waals surface area contributed by atoms with Gasteiger partial charge in [0.25, 0.3) is 0 Å². The van der Waals surface area contributed by atoms with Crippen molar-refractivity contribution in [3.05, 3.63) is 17.7 Å². The first-order valence-electron chi connectivity index (χ1n) is 8.41. The highest BCUT2D eigenvalue weighted by Crippen LogP contribution is 2.38. The molecule has 0 aliphatic heterocycles. The molecule has 1 aromatic carbocycles. The second-order valence-corrected chi connectivity index (χ2v) is 7.66. The van der Waals surface area contributed by atoms with E-state index in [1.165, 1.54) is 5.56 Å². The van der Waals surface area contributed by atoms with Crippen LogP contribution >= 0.6 is 23.7 Å². The maximum atomic E-state index is 12.9. The van der Waals surface area contributed by atoms with Crippen LogP contribution < -0.4 is 9.64 Å². The second kappa shape index (κ2) is 8.34. The largest absolute Gasteiger partial charge is 0.494 e. The van der Waals surface area contributed by atoms with Crippen LogP contribution in [-0.2, 0) is 4.79 Å². The van der Waals surface area contributed by atoms with Crippen LogP contribution in [0.4, 0.5) is 5.13 Å². The van der Waals surface area contributed by atoms with Gasteiger partial charge in [0.1, 0.15) is 11.3 Å². The lowest BCUT2D eigenvalue weighted by molar-refractivity contribution is -0.124. The molecule has 138 valence electrons. The molecular weight excluding hydrogens is 358 g/mol. The highest BCUT2D eigenvalue weighted by atomic mass is 35.5. The van der Waals surface area contributed by atoms with Crippen molar-refractivity contribution < 1.29 is 9.53 Å². The number of likely N-dealkylation sites (N-methyl/N-ethyl adjacent to an activating group) is 1. The number of aromatic nitrogens is 1. The van der Waals surface area contributed by atoms with Gasteiger partial charge in [-0.25, -0.2) is 4.98 Å². The Labute approximate surface area is 159 Å². The Balaban J connectivity index is 0.00000225. The maximum absolute atomic E-state index is 12.9. The van der Waals surface area contributed by atoms with Crippen LogP contribution in [0.2, 0.25) is 0 Å². The third-order valence-electron chi connectivity index (χ3n) is 4.63. The molecule has 1 aromatic heterocycles. The number of nitrogens with zero attached hydrogens (tertiary/aromatic N) is 3. The van der Waals surface area contributed by atoms with E-state index in [1.807, 2.05) is 31.1 Å². The van der Waals surface area contributed by atoms with Crippen LogP contribution in [-0.4, -0.2) is 50.1 Å². The van der Waals surface area contributed by atoms with Gasteiger partial charge in [0, 0.05) is 19.0 Å². The molecule has 0 bridgehead atoms. The fourth-order valence-electron chi connectivity index (χ4n) is 2.85. The lowest BCUT2D eigenvalue weighted by atomic mass is 9.84. The number of rotatable bonds is 6. The third kappa shape index (κ3) is 4.07. The van der Waals surface area contributed by atoms with E-state index in [-0.39, 0.29) is 24.2 Å². The van der Waals surface area contributed by atoms with Crippen molar-refractivity contribution in [2.75, 3.05) is 39.2 Å². The van der Waals surface area contributed by atoms with E-state index in [1.54, 1.807) is 18.4 Å². The van der Waals surface area contributed by atoms with Crippen molar-refractivity contribution in [3.63, 3.8) is 0 Å². The first-order chi connectivity index (χ1) is 11.5. The van der Waals surface area contributed by atoms with Gasteiger partial charge in [0.15, 0.2) is 5.13 Å². The number of ether oxygens (including phenoxy) is 1. The maximum Gasteiger partial charge on any atom is 0.231 e. The summed E-state index contributed by atoms with van der Waals surface area (Å²) in [6, 6.07) is 3.99. The monoisotopic (exact) mass is 383 g/mol. The summed E-state index contributed by atoms with van der Waals surface area (Å²) >= 11 is 1.59. The fraction of sp³-hybridized carbons (Fsp3) is 0.556. The fourth-order valence-corrected chi connectivity index (χ4v) is 3.94. The molecule has 0 saturated heterocycles. The van der Waals surface area contributed by atoms with Gasteiger partial charge in [-0.15, -0.1) is 12.4 Å². The van der Waals surface area contributed by atoms with Crippen molar-refractivity contribution in [2.45, 2.75) is 26.2 Å². The number of halogens is 1. The number of carbonyl (C=O) groups excluding carboxylic acids is 1. The Morgan fingerprint density at radius 2 is 2.04 bits per heavy atom. The number of methoxy groups -OCH3 is 1. The van der Waals surface area contributed by atoms with Gasteiger partial charge in [0.2, 0.25) is 5.91 Å². The number of benzene rings is 1. The molecule has 1 fully saturated rings. The van der Waals surface area contributed by atoms with E-state index in [2.05, 4.69) is 11.8 Å². The molecular formula is C18H26ClN3O2S. The van der Waals surface area contributed by atoms with Gasteiger partial charge in [-0.1, -0.05) is 23.8 Å². The number of hydrogen-bond acceptors (Lipinski definition) is 5. The van der Waals surface area contributed by atoms with Gasteiger partial charge < -0.3 is 9.64 Å². The summed E-state index contributed by atoms with van der Waals surface area (Å²) in [6.07, 6.45) is 3.17. The SMILES string of the molecule is COc1ccc(C)c2sc(N(CCN(C)C)C(=O)C3CCC3)nc12.Cl. The molecule has 0 N–H and O–H groups in total. The number of amides is 1. The summed E-state index contributed by atoms with van der Waals surface area (Å²) in [5.74, 6) is 1.16. The lowest BCUT2D eigenvalue weighted by Crippen LogP contribution is -2.42. The molecule has 7 heteroatoms. The number of carbonyl (C=O) groups is 1. The molecule has 25 heavy (non-hydrogen) atoms. The molecule has 1 amide bonds. The Bertz CT molecular complexity index is 743. The van der Waals surface area contributed by atoms with E-state index in [0.29, 0.717) is 6.54 Å². The summed E-state index contributed by atoms with van der Waals surface area (Å²) in [5.41, 5.74) is 2.02. The van der Waals surface area contributed by atoms with E-state index in [4.69, 9.17) is 9.72 Å². The van der Waals surface area contributed by atoms with Crippen LogP contribution in [0.25, 0.3) is 10.2 Å². The normalized spacial score (nSPS) is 14.3. The first kappa shape index (κ1) is 19.9. The number of anilines is 1. The van der Waals surface area contributed by atoms with Gasteiger partial charge >= 0.3 is 0 Å². The average molecular weight is 384 g/mol. The van der Waals surface area contributed by atoms with Crippen molar-refractivity contribution in [3.8, 4) is 5.75 Å². The topological polar surface area (TPSA) is 45.7 Å². The molecule has 1 heterocycles. The summed E-state index contributed by atoms with van der Waals surface area (Å²) in [7, 11) is 5.71. The minimum absolute atomic E-state index is 0. The number of aryl methyl sites for hydroxylation is 1. The van der Waals surface area contributed by atoms with Crippen molar-refractivity contribution in [1.82, 2.24) is 9.88 Å². The molecule has 2 aromatic rings. The first-order valence-corrected chi connectivity index (χ1v) is 9.23. The van der Waals surface area contributed by atoms with Gasteiger partial charge in [-0.3, -0.25) is 9.69 Å². The van der Waals surface area contributed by atoms with Crippen molar-refractivity contribution in [2.24, 2.45) is 5.92 Å². The number of fused-ring (bicyclic) bond motifs is 1. The van der Waals surface area contributed by atoms with Crippen molar-refractivity contribution in [1.29, 1.82) is 0 Å². The molecule has 1 aliphatic carbocycles. The minimum Gasteiger partial charge on any atom is -0.494 e. The predicted molar refractivity (Wildman–Crippen MR) is 106 cm³/mol. The Hall–Kier alpha value is -1.37. The summed E-state index contributed by atoms with van der Waals surface area (Å²) in [4.78, 5) is 21.6. The van der Waals surface area contributed by atoms with E-state index in [0.717, 1.165) is 46.9 Å². The third-order valence-corrected chi connectivity index (χ3v) is 5.85. The quantitative estimate of drug-likeness (QED) is 0.762. The zero-order valence-corrected chi connectivity index (χ0v) is 16.9. The Morgan fingerprint density at radius 3 is 2.60 bits per heavy atom. The van der Waals surface area contributed by atoms with Crippen LogP contribution in [0.3, 0.4) is 0 Å². The zero-order valence-electron chi connectivity index (χ0n) is 15.2. The van der Waals surface area contributed by atoms with E-state index in [9.17, 15) is 4.79 Å². The predicted octanol–water partition coefficient (Wildman–Crippen LogP) is 3.73. The molecule has 1 saturated carbocycles. The molecule has 5 nitrogen and oxygen atoms in total. The Kier molecular flexibility index (Phi) is 6.65. The Morgan fingerprint density at radius 1 is 1.32 bits per heavy atom. The summed E-state index contributed by atoms with van der Waals surface area (Å²) in [5, 5.41) is 0.788. The van der Waals surface area contributed by atoms with Crippen LogP contribution in [0.1, 0.15) is 24.8 Å². The molecule has 1 aliphatic rings. The van der Waals surface area contributed by atoms with Gasteiger partial charge in [-0.2, -0.15) is 0 Å². The van der Waals surface area contributed by atoms with E-state index >= 15 is 0 Å². The second-order valence-electron chi connectivity index (χ2n) is 6.68. The zero-order chi connectivity index (χ0) is 17.3. The standard InChI is InChI=1S/C18H25N3O2S.ClH/c1-12-8-9-14(23-4)15-16(12)24-18(19-15)21(11-10-20(2)3)17(22)13-6-5-7-13;/h8-9,13H,5-7,10-11H2,1-4H3;1H. The molecule has 0 spiro atoms. The molecule has 0 unspecified atom stereocenters. The summed E-state index contributed by atoms with van der Waals surface area (Å²) < 4.78 is 6.54. The molecule has 0 radical (unpaired) electrons. The van der Waals surface area contributed by atoms with Crippen LogP contribution in [0.15, 0.2) is 12.1 Å². The number of hydrogen-bond donors (Lipinski definition) is 0. The lowest BCUT2D eigenvalue weighted by Gasteiger charge is -2.30.